The molecule has 2 rings (SSSR count). The van der Waals surface area contributed by atoms with E-state index >= 15 is 0 Å². The van der Waals surface area contributed by atoms with Gasteiger partial charge in [0.05, 0.1) is 0 Å². The van der Waals surface area contributed by atoms with Crippen molar-refractivity contribution in [2.45, 2.75) is 45.8 Å². The van der Waals surface area contributed by atoms with Crippen molar-refractivity contribution in [1.82, 2.24) is 9.80 Å². The molecule has 0 spiro atoms. The van der Waals surface area contributed by atoms with Crippen LogP contribution in [0.5, 0.6) is 0 Å². The molecule has 1 amide bonds. The molecule has 0 radical (unpaired) electrons. The van der Waals surface area contributed by atoms with Gasteiger partial charge in [0, 0.05) is 30.7 Å². The summed E-state index contributed by atoms with van der Waals surface area (Å²) in [5.74, 6) is 0.643. The first-order valence-corrected chi connectivity index (χ1v) is 9.43. The van der Waals surface area contributed by atoms with Gasteiger partial charge in [0.1, 0.15) is 5.60 Å². The number of benzene rings is 1. The van der Waals surface area contributed by atoms with Crippen LogP contribution in [0.15, 0.2) is 28.7 Å². The summed E-state index contributed by atoms with van der Waals surface area (Å²) in [6, 6.07) is 8.49. The first-order chi connectivity index (χ1) is 11.2. The van der Waals surface area contributed by atoms with E-state index in [1.165, 1.54) is 5.56 Å². The molecule has 1 aromatic carbocycles. The van der Waals surface area contributed by atoms with Crippen LogP contribution in [0.1, 0.15) is 39.2 Å². The predicted octanol–water partition coefficient (Wildman–Crippen LogP) is 4.53. The number of piperidine rings is 1. The van der Waals surface area contributed by atoms with Crippen molar-refractivity contribution in [3.05, 3.63) is 34.3 Å². The zero-order valence-corrected chi connectivity index (χ0v) is 16.8. The van der Waals surface area contributed by atoms with Crippen LogP contribution in [0.3, 0.4) is 0 Å². The monoisotopic (exact) mass is 396 g/mol. The first-order valence-electron chi connectivity index (χ1n) is 8.64. The summed E-state index contributed by atoms with van der Waals surface area (Å²) in [4.78, 5) is 16.3. The van der Waals surface area contributed by atoms with Crippen molar-refractivity contribution < 1.29 is 9.53 Å². The first kappa shape index (κ1) is 19.3. The van der Waals surface area contributed by atoms with Gasteiger partial charge in [-0.2, -0.15) is 0 Å². The van der Waals surface area contributed by atoms with Gasteiger partial charge in [-0.25, -0.2) is 4.79 Å². The Kier molecular flexibility index (Phi) is 6.70. The Morgan fingerprint density at radius 1 is 1.25 bits per heavy atom. The summed E-state index contributed by atoms with van der Waals surface area (Å²) in [5, 5.41) is 0. The Labute approximate surface area is 154 Å². The lowest BCUT2D eigenvalue weighted by Gasteiger charge is -2.34. The van der Waals surface area contributed by atoms with Crippen LogP contribution in [0.4, 0.5) is 4.79 Å². The van der Waals surface area contributed by atoms with Gasteiger partial charge in [-0.1, -0.05) is 28.1 Å². The van der Waals surface area contributed by atoms with Gasteiger partial charge in [-0.05, 0) is 64.3 Å². The number of likely N-dealkylation sites (tertiary alicyclic amines) is 1. The van der Waals surface area contributed by atoms with Crippen molar-refractivity contribution in [2.75, 3.05) is 26.7 Å². The van der Waals surface area contributed by atoms with Crippen molar-refractivity contribution in [1.29, 1.82) is 0 Å². The van der Waals surface area contributed by atoms with E-state index in [4.69, 9.17) is 4.74 Å². The molecule has 0 saturated carbocycles. The lowest BCUT2D eigenvalue weighted by atomic mass is 9.96. The summed E-state index contributed by atoms with van der Waals surface area (Å²) in [7, 11) is 2.17. The highest BCUT2D eigenvalue weighted by Gasteiger charge is 2.27. The van der Waals surface area contributed by atoms with Crippen LogP contribution in [-0.4, -0.2) is 48.2 Å². The van der Waals surface area contributed by atoms with Crippen LogP contribution in [0.2, 0.25) is 0 Å². The van der Waals surface area contributed by atoms with E-state index in [1.807, 2.05) is 25.7 Å². The van der Waals surface area contributed by atoms with E-state index in [-0.39, 0.29) is 6.09 Å². The minimum atomic E-state index is -0.418. The molecule has 5 heteroatoms. The molecule has 1 aliphatic heterocycles. The average Bonchev–Trinajstić information content (AvgIpc) is 2.48. The maximum Gasteiger partial charge on any atom is 0.410 e. The van der Waals surface area contributed by atoms with Crippen molar-refractivity contribution in [3.8, 4) is 0 Å². The van der Waals surface area contributed by atoms with Gasteiger partial charge in [-0.3, -0.25) is 0 Å². The van der Waals surface area contributed by atoms with Gasteiger partial charge in [0.2, 0.25) is 0 Å². The number of halogens is 1. The van der Waals surface area contributed by atoms with E-state index < -0.39 is 5.60 Å². The minimum absolute atomic E-state index is 0.177. The summed E-state index contributed by atoms with van der Waals surface area (Å²) in [5.41, 5.74) is 0.908. The molecule has 0 atom stereocenters. The minimum Gasteiger partial charge on any atom is -0.444 e. The average molecular weight is 397 g/mol. The van der Waals surface area contributed by atoms with Crippen molar-refractivity contribution in [2.24, 2.45) is 5.92 Å². The number of amides is 1. The molecule has 0 bridgehead atoms. The molecular weight excluding hydrogens is 368 g/mol. The molecule has 0 aromatic heterocycles. The quantitative estimate of drug-likeness (QED) is 0.749. The molecule has 0 N–H and O–H groups in total. The molecule has 1 saturated heterocycles. The zero-order chi connectivity index (χ0) is 17.7. The van der Waals surface area contributed by atoms with Gasteiger partial charge >= 0.3 is 6.09 Å². The Bertz CT molecular complexity index is 531. The van der Waals surface area contributed by atoms with E-state index in [0.717, 1.165) is 43.5 Å². The Hall–Kier alpha value is -1.07. The molecule has 1 heterocycles. The SMILES string of the molecule is CN(Cc1ccc(Br)cc1)CC1CCN(C(=O)OC(C)(C)C)CC1. The zero-order valence-electron chi connectivity index (χ0n) is 15.2. The van der Waals surface area contributed by atoms with E-state index in [2.05, 4.69) is 52.1 Å². The normalized spacial score (nSPS) is 16.5. The lowest BCUT2D eigenvalue weighted by Crippen LogP contribution is -2.43. The number of rotatable bonds is 4. The fourth-order valence-electron chi connectivity index (χ4n) is 3.03. The van der Waals surface area contributed by atoms with Gasteiger partial charge < -0.3 is 14.5 Å². The maximum atomic E-state index is 12.1. The molecule has 0 aliphatic carbocycles. The Morgan fingerprint density at radius 3 is 2.38 bits per heavy atom. The molecule has 1 fully saturated rings. The molecule has 1 aromatic rings. The molecule has 1 aliphatic rings. The largest absolute Gasteiger partial charge is 0.444 e. The van der Waals surface area contributed by atoms with Crippen LogP contribution in [0.25, 0.3) is 0 Å². The Morgan fingerprint density at radius 2 is 1.83 bits per heavy atom. The second kappa shape index (κ2) is 8.34. The van der Waals surface area contributed by atoms with Gasteiger partial charge in [0.15, 0.2) is 0 Å². The van der Waals surface area contributed by atoms with Gasteiger partial charge in [0.25, 0.3) is 0 Å². The van der Waals surface area contributed by atoms with E-state index in [0.29, 0.717) is 5.92 Å². The second-order valence-corrected chi connectivity index (χ2v) is 8.65. The molecule has 134 valence electrons. The third kappa shape index (κ3) is 6.44. The van der Waals surface area contributed by atoms with Crippen LogP contribution in [0, 0.1) is 5.92 Å². The molecular formula is C19H29BrN2O2. The fraction of sp³-hybridized carbons (Fsp3) is 0.632. The Balaban J connectivity index is 1.74. The fourth-order valence-corrected chi connectivity index (χ4v) is 3.30. The standard InChI is InChI=1S/C19H29BrN2O2/c1-19(2,3)24-18(23)22-11-9-16(10-12-22)14-21(4)13-15-5-7-17(20)8-6-15/h5-8,16H,9-14H2,1-4H3. The molecule has 4 nitrogen and oxygen atoms in total. The van der Waals surface area contributed by atoms with Crippen LogP contribution in [-0.2, 0) is 11.3 Å². The summed E-state index contributed by atoms with van der Waals surface area (Å²) in [6.45, 7) is 9.35. The summed E-state index contributed by atoms with van der Waals surface area (Å²) in [6.07, 6.45) is 1.91. The lowest BCUT2D eigenvalue weighted by molar-refractivity contribution is 0.0172. The number of nitrogens with zero attached hydrogens (tertiary/aromatic N) is 2. The predicted molar refractivity (Wildman–Crippen MR) is 101 cm³/mol. The maximum absolute atomic E-state index is 12.1. The number of ether oxygens (including phenoxy) is 1. The molecule has 0 unspecified atom stereocenters. The number of hydrogen-bond acceptors (Lipinski definition) is 3. The van der Waals surface area contributed by atoms with Crippen molar-refractivity contribution >= 4 is 22.0 Å². The second-order valence-electron chi connectivity index (χ2n) is 7.73. The third-order valence-electron chi connectivity index (χ3n) is 4.20. The highest BCUT2D eigenvalue weighted by molar-refractivity contribution is 9.10. The number of carbonyl (C=O) groups is 1. The van der Waals surface area contributed by atoms with E-state index in [9.17, 15) is 4.79 Å². The van der Waals surface area contributed by atoms with Crippen LogP contribution < -0.4 is 0 Å². The smallest absolute Gasteiger partial charge is 0.410 e. The highest BCUT2D eigenvalue weighted by Crippen LogP contribution is 2.21. The number of hydrogen-bond donors (Lipinski definition) is 0. The third-order valence-corrected chi connectivity index (χ3v) is 4.73. The molecule has 24 heavy (non-hydrogen) atoms. The van der Waals surface area contributed by atoms with Gasteiger partial charge in [-0.15, -0.1) is 0 Å². The number of carbonyl (C=O) groups excluding carboxylic acids is 1. The van der Waals surface area contributed by atoms with E-state index in [1.54, 1.807) is 0 Å². The highest BCUT2D eigenvalue weighted by atomic mass is 79.9. The summed E-state index contributed by atoms with van der Waals surface area (Å²) >= 11 is 3.47. The van der Waals surface area contributed by atoms with Crippen LogP contribution >= 0.6 is 15.9 Å². The van der Waals surface area contributed by atoms with Crippen molar-refractivity contribution in [3.63, 3.8) is 0 Å². The topological polar surface area (TPSA) is 32.8 Å². The summed E-state index contributed by atoms with van der Waals surface area (Å²) < 4.78 is 6.57.